The molecule has 0 saturated carbocycles. The van der Waals surface area contributed by atoms with E-state index < -0.39 is 0 Å². The number of nitrogens with zero attached hydrogens (tertiary/aromatic N) is 2. The number of ketones is 2. The molecular formula is C18H20N2O5. The van der Waals surface area contributed by atoms with E-state index in [1.807, 2.05) is 0 Å². The number of ether oxygens (including phenoxy) is 1. The summed E-state index contributed by atoms with van der Waals surface area (Å²) in [6.07, 6.45) is 0.962. The van der Waals surface area contributed by atoms with Crippen molar-refractivity contribution in [3.8, 4) is 5.75 Å². The summed E-state index contributed by atoms with van der Waals surface area (Å²) in [5.41, 5.74) is 1.01. The van der Waals surface area contributed by atoms with E-state index in [0.29, 0.717) is 42.9 Å². The molecule has 25 heavy (non-hydrogen) atoms. The van der Waals surface area contributed by atoms with Gasteiger partial charge in [0.05, 0.1) is 5.69 Å². The van der Waals surface area contributed by atoms with Gasteiger partial charge >= 0.3 is 0 Å². The second-order valence-electron chi connectivity index (χ2n) is 6.24. The second-order valence-corrected chi connectivity index (χ2v) is 6.24. The maximum atomic E-state index is 12.3. The lowest BCUT2D eigenvalue weighted by molar-refractivity contribution is -0.134. The van der Waals surface area contributed by atoms with E-state index >= 15 is 0 Å². The molecule has 0 spiro atoms. The fourth-order valence-corrected chi connectivity index (χ4v) is 3.04. The van der Waals surface area contributed by atoms with E-state index in [4.69, 9.17) is 4.74 Å². The van der Waals surface area contributed by atoms with Gasteiger partial charge in [0.15, 0.2) is 12.4 Å². The number of carbonyl (C=O) groups is 4. The standard InChI is InChI=1S/C18H20N2O5/c1-12(21)13-2-3-16-15(10-13)20(18(24)11-25-16)9-6-17(23)19-7-4-14(22)5-8-19/h2-3,10H,4-9,11H2,1H3. The van der Waals surface area contributed by atoms with Crippen LogP contribution in [0.3, 0.4) is 0 Å². The van der Waals surface area contributed by atoms with Crippen molar-refractivity contribution in [3.63, 3.8) is 0 Å². The van der Waals surface area contributed by atoms with E-state index in [0.717, 1.165) is 0 Å². The Hall–Kier alpha value is -2.70. The smallest absolute Gasteiger partial charge is 0.265 e. The molecule has 0 aliphatic carbocycles. The second kappa shape index (κ2) is 7.04. The third kappa shape index (κ3) is 3.70. The fraction of sp³-hybridized carbons (Fsp3) is 0.444. The summed E-state index contributed by atoms with van der Waals surface area (Å²) in [6.45, 7) is 2.48. The quantitative estimate of drug-likeness (QED) is 0.766. The summed E-state index contributed by atoms with van der Waals surface area (Å²) in [7, 11) is 0. The van der Waals surface area contributed by atoms with Crippen LogP contribution in [0, 0.1) is 0 Å². The van der Waals surface area contributed by atoms with Crippen LogP contribution in [-0.4, -0.2) is 54.5 Å². The Balaban J connectivity index is 1.71. The summed E-state index contributed by atoms with van der Waals surface area (Å²) < 4.78 is 5.40. The highest BCUT2D eigenvalue weighted by Crippen LogP contribution is 2.33. The average molecular weight is 344 g/mol. The van der Waals surface area contributed by atoms with Crippen molar-refractivity contribution in [2.45, 2.75) is 26.2 Å². The lowest BCUT2D eigenvalue weighted by Crippen LogP contribution is -2.43. The molecule has 0 atom stereocenters. The van der Waals surface area contributed by atoms with Gasteiger partial charge in [-0.1, -0.05) is 0 Å². The minimum absolute atomic E-state index is 0.0731. The first kappa shape index (κ1) is 17.1. The molecule has 3 rings (SSSR count). The normalized spacial score (nSPS) is 17.2. The van der Waals surface area contributed by atoms with Crippen molar-refractivity contribution in [2.75, 3.05) is 31.1 Å². The van der Waals surface area contributed by atoms with Crippen LogP contribution in [0.5, 0.6) is 5.75 Å². The van der Waals surface area contributed by atoms with Crippen LogP contribution in [0.15, 0.2) is 18.2 Å². The fourth-order valence-electron chi connectivity index (χ4n) is 3.04. The van der Waals surface area contributed by atoms with Crippen LogP contribution in [-0.2, 0) is 14.4 Å². The predicted molar refractivity (Wildman–Crippen MR) is 89.7 cm³/mol. The Morgan fingerprint density at radius 3 is 2.56 bits per heavy atom. The van der Waals surface area contributed by atoms with Gasteiger partial charge in [-0.25, -0.2) is 0 Å². The lowest BCUT2D eigenvalue weighted by atomic mass is 10.1. The van der Waals surface area contributed by atoms with Gasteiger partial charge in [0, 0.05) is 44.5 Å². The van der Waals surface area contributed by atoms with Gasteiger partial charge in [-0.3, -0.25) is 19.2 Å². The van der Waals surface area contributed by atoms with E-state index in [9.17, 15) is 19.2 Å². The number of rotatable bonds is 4. The Bertz CT molecular complexity index is 733. The Morgan fingerprint density at radius 2 is 1.88 bits per heavy atom. The molecule has 0 aromatic heterocycles. The van der Waals surface area contributed by atoms with Gasteiger partial charge in [0.1, 0.15) is 11.5 Å². The number of amides is 2. The first-order valence-electron chi connectivity index (χ1n) is 8.33. The lowest BCUT2D eigenvalue weighted by Gasteiger charge is -2.31. The minimum atomic E-state index is -0.241. The molecule has 2 aliphatic rings. The molecule has 0 radical (unpaired) electrons. The molecule has 1 saturated heterocycles. The molecule has 1 aromatic rings. The molecule has 0 unspecified atom stereocenters. The highest BCUT2D eigenvalue weighted by atomic mass is 16.5. The molecule has 2 amide bonds. The predicted octanol–water partition coefficient (Wildman–Crippen LogP) is 1.20. The van der Waals surface area contributed by atoms with Crippen molar-refractivity contribution < 1.29 is 23.9 Å². The van der Waals surface area contributed by atoms with E-state index in [1.54, 1.807) is 23.1 Å². The average Bonchev–Trinajstić information content (AvgIpc) is 2.60. The van der Waals surface area contributed by atoms with Gasteiger partial charge < -0.3 is 14.5 Å². The van der Waals surface area contributed by atoms with E-state index in [-0.39, 0.29) is 43.0 Å². The maximum absolute atomic E-state index is 12.3. The summed E-state index contributed by atoms with van der Waals surface area (Å²) in [4.78, 5) is 50.6. The summed E-state index contributed by atoms with van der Waals surface area (Å²) in [5.74, 6) is 0.291. The number of piperidine rings is 1. The zero-order chi connectivity index (χ0) is 18.0. The van der Waals surface area contributed by atoms with Crippen molar-refractivity contribution in [1.29, 1.82) is 0 Å². The molecule has 7 nitrogen and oxygen atoms in total. The van der Waals surface area contributed by atoms with Gasteiger partial charge in [-0.05, 0) is 25.1 Å². The van der Waals surface area contributed by atoms with Crippen molar-refractivity contribution in [3.05, 3.63) is 23.8 Å². The molecule has 2 aliphatic heterocycles. The van der Waals surface area contributed by atoms with Crippen LogP contribution in [0.25, 0.3) is 0 Å². The number of anilines is 1. The number of benzene rings is 1. The molecule has 7 heteroatoms. The van der Waals surface area contributed by atoms with Crippen LogP contribution in [0.1, 0.15) is 36.5 Å². The van der Waals surface area contributed by atoms with Gasteiger partial charge in [-0.2, -0.15) is 0 Å². The molecule has 1 fully saturated rings. The summed E-state index contributed by atoms with van der Waals surface area (Å²) in [6, 6.07) is 4.95. The van der Waals surface area contributed by atoms with Crippen LogP contribution in [0.2, 0.25) is 0 Å². The van der Waals surface area contributed by atoms with Crippen LogP contribution < -0.4 is 9.64 Å². The summed E-state index contributed by atoms with van der Waals surface area (Å²) in [5, 5.41) is 0. The monoisotopic (exact) mass is 344 g/mol. The molecule has 2 heterocycles. The third-order valence-electron chi connectivity index (χ3n) is 4.53. The molecular weight excluding hydrogens is 324 g/mol. The highest BCUT2D eigenvalue weighted by Gasteiger charge is 2.28. The zero-order valence-corrected chi connectivity index (χ0v) is 14.1. The number of hydrogen-bond acceptors (Lipinski definition) is 5. The molecule has 0 bridgehead atoms. The molecule has 0 N–H and O–H groups in total. The van der Waals surface area contributed by atoms with E-state index in [1.165, 1.54) is 11.8 Å². The van der Waals surface area contributed by atoms with Crippen molar-refractivity contribution in [1.82, 2.24) is 4.90 Å². The maximum Gasteiger partial charge on any atom is 0.265 e. The van der Waals surface area contributed by atoms with Gasteiger partial charge in [-0.15, -0.1) is 0 Å². The third-order valence-corrected chi connectivity index (χ3v) is 4.53. The number of carbonyl (C=O) groups excluding carboxylic acids is 4. The van der Waals surface area contributed by atoms with Gasteiger partial charge in [0.2, 0.25) is 5.91 Å². The topological polar surface area (TPSA) is 84.0 Å². The number of hydrogen-bond donors (Lipinski definition) is 0. The van der Waals surface area contributed by atoms with Crippen molar-refractivity contribution >= 4 is 29.1 Å². The van der Waals surface area contributed by atoms with Gasteiger partial charge in [0.25, 0.3) is 5.91 Å². The Labute approximate surface area is 145 Å². The highest BCUT2D eigenvalue weighted by molar-refractivity contribution is 6.01. The molecule has 1 aromatic carbocycles. The zero-order valence-electron chi connectivity index (χ0n) is 14.1. The number of fused-ring (bicyclic) bond motifs is 1. The number of likely N-dealkylation sites (tertiary alicyclic amines) is 1. The van der Waals surface area contributed by atoms with E-state index in [2.05, 4.69) is 0 Å². The first-order chi connectivity index (χ1) is 12.0. The largest absolute Gasteiger partial charge is 0.482 e. The first-order valence-corrected chi connectivity index (χ1v) is 8.33. The molecule has 132 valence electrons. The minimum Gasteiger partial charge on any atom is -0.482 e. The van der Waals surface area contributed by atoms with Crippen LogP contribution in [0.4, 0.5) is 5.69 Å². The Morgan fingerprint density at radius 1 is 1.16 bits per heavy atom. The summed E-state index contributed by atoms with van der Waals surface area (Å²) >= 11 is 0. The Kier molecular flexibility index (Phi) is 4.83. The van der Waals surface area contributed by atoms with Crippen LogP contribution >= 0.6 is 0 Å². The van der Waals surface area contributed by atoms with Crippen molar-refractivity contribution in [2.24, 2.45) is 0 Å². The number of Topliss-reactive ketones (excluding diaryl/α,β-unsaturated/α-hetero) is 2. The SMILES string of the molecule is CC(=O)c1ccc2c(c1)N(CCC(=O)N1CCC(=O)CC1)C(=O)CO2.